The summed E-state index contributed by atoms with van der Waals surface area (Å²) in [4.78, 5) is 33.1. The lowest BCUT2D eigenvalue weighted by Gasteiger charge is -2.16. The Bertz CT molecular complexity index is 799. The lowest BCUT2D eigenvalue weighted by atomic mass is 10.2. The number of nitrogens with zero attached hydrogens (tertiary/aromatic N) is 2. The maximum Gasteiger partial charge on any atom is 0.416 e. The molecule has 1 unspecified atom stereocenters. The third kappa shape index (κ3) is 3.42. The molecule has 2 N–H and O–H groups in total. The van der Waals surface area contributed by atoms with E-state index in [9.17, 15) is 22.8 Å². The number of aromatic nitrogens is 3. The van der Waals surface area contributed by atoms with Crippen LogP contribution in [0.15, 0.2) is 29.3 Å². The molecule has 1 saturated heterocycles. The van der Waals surface area contributed by atoms with E-state index in [0.717, 1.165) is 18.3 Å². The number of amides is 1. The van der Waals surface area contributed by atoms with Gasteiger partial charge in [0.1, 0.15) is 11.8 Å². The monoisotopic (exact) mass is 342 g/mol. The van der Waals surface area contributed by atoms with Crippen LogP contribution in [0.25, 0.3) is 0 Å². The Morgan fingerprint density at radius 3 is 2.88 bits per heavy atom. The first-order valence-electron chi connectivity index (χ1n) is 7.10. The zero-order valence-corrected chi connectivity index (χ0v) is 12.3. The second-order valence-corrected chi connectivity index (χ2v) is 5.32. The van der Waals surface area contributed by atoms with Crippen LogP contribution in [0.1, 0.15) is 22.5 Å². The van der Waals surface area contributed by atoms with Crippen LogP contribution in [-0.4, -0.2) is 45.0 Å². The summed E-state index contributed by atoms with van der Waals surface area (Å²) in [6.45, 7) is 0.569. The summed E-state index contributed by atoms with van der Waals surface area (Å²) in [6.07, 6.45) is -2.18. The lowest BCUT2D eigenvalue weighted by Crippen LogP contribution is -2.31. The summed E-state index contributed by atoms with van der Waals surface area (Å²) in [6, 6.07) is 1.69. The van der Waals surface area contributed by atoms with Crippen molar-refractivity contribution in [3.8, 4) is 5.88 Å². The number of nitrogens with one attached hydrogen (secondary N) is 2. The van der Waals surface area contributed by atoms with E-state index in [2.05, 4.69) is 15.0 Å². The van der Waals surface area contributed by atoms with Crippen LogP contribution < -0.4 is 10.4 Å². The fourth-order valence-corrected chi connectivity index (χ4v) is 2.45. The van der Waals surface area contributed by atoms with Crippen LogP contribution in [0.5, 0.6) is 5.88 Å². The van der Waals surface area contributed by atoms with Gasteiger partial charge in [0.25, 0.3) is 5.91 Å². The van der Waals surface area contributed by atoms with Crippen LogP contribution >= 0.6 is 0 Å². The zero-order chi connectivity index (χ0) is 17.3. The Kier molecular flexibility index (Phi) is 4.04. The first-order chi connectivity index (χ1) is 11.3. The van der Waals surface area contributed by atoms with Gasteiger partial charge >= 0.3 is 11.9 Å². The fraction of sp³-hybridized carbons (Fsp3) is 0.357. The summed E-state index contributed by atoms with van der Waals surface area (Å²) in [5.74, 6) is -0.518. The van der Waals surface area contributed by atoms with Crippen molar-refractivity contribution in [2.45, 2.75) is 18.7 Å². The normalized spacial score (nSPS) is 18.0. The molecule has 2 aromatic rings. The van der Waals surface area contributed by atoms with E-state index < -0.39 is 23.5 Å². The number of halogens is 3. The van der Waals surface area contributed by atoms with Gasteiger partial charge in [0.2, 0.25) is 5.88 Å². The second-order valence-electron chi connectivity index (χ2n) is 5.32. The molecule has 1 aliphatic rings. The molecule has 1 aliphatic heterocycles. The van der Waals surface area contributed by atoms with Crippen LogP contribution in [0, 0.1) is 0 Å². The highest BCUT2D eigenvalue weighted by Crippen LogP contribution is 2.31. The predicted octanol–water partition coefficient (Wildman–Crippen LogP) is 1.41. The molecule has 0 spiro atoms. The Labute approximate surface area is 133 Å². The Balaban J connectivity index is 1.64. The molecule has 7 nitrogen and oxygen atoms in total. The summed E-state index contributed by atoms with van der Waals surface area (Å²) in [7, 11) is 0. The van der Waals surface area contributed by atoms with Gasteiger partial charge < -0.3 is 19.6 Å². The van der Waals surface area contributed by atoms with Crippen molar-refractivity contribution in [2.24, 2.45) is 0 Å². The molecular formula is C14H13F3N4O3. The Morgan fingerprint density at radius 2 is 2.21 bits per heavy atom. The molecule has 0 bridgehead atoms. The van der Waals surface area contributed by atoms with Gasteiger partial charge in [-0.05, 0) is 6.07 Å². The number of rotatable bonds is 3. The molecule has 0 saturated carbocycles. The van der Waals surface area contributed by atoms with Gasteiger partial charge in [-0.3, -0.25) is 4.79 Å². The molecule has 0 aromatic carbocycles. The summed E-state index contributed by atoms with van der Waals surface area (Å²) in [5, 5.41) is 0. The average molecular weight is 342 g/mol. The number of imidazole rings is 1. The number of H-pyrrole nitrogens is 2. The highest BCUT2D eigenvalue weighted by Gasteiger charge is 2.32. The van der Waals surface area contributed by atoms with Crippen LogP contribution in [-0.2, 0) is 6.18 Å². The van der Waals surface area contributed by atoms with E-state index in [1.807, 2.05) is 0 Å². The molecule has 3 rings (SSSR count). The van der Waals surface area contributed by atoms with Gasteiger partial charge in [-0.2, -0.15) is 13.2 Å². The van der Waals surface area contributed by atoms with Crippen molar-refractivity contribution in [1.82, 2.24) is 19.9 Å². The molecule has 24 heavy (non-hydrogen) atoms. The molecule has 128 valence electrons. The molecule has 10 heteroatoms. The number of hydrogen-bond acceptors (Lipinski definition) is 4. The van der Waals surface area contributed by atoms with Gasteiger partial charge in [0.15, 0.2) is 0 Å². The third-order valence-corrected chi connectivity index (χ3v) is 3.61. The quantitative estimate of drug-likeness (QED) is 0.882. The minimum absolute atomic E-state index is 0.123. The topological polar surface area (TPSA) is 91.1 Å². The summed E-state index contributed by atoms with van der Waals surface area (Å²) < 4.78 is 43.5. The molecular weight excluding hydrogens is 329 g/mol. The van der Waals surface area contributed by atoms with E-state index in [4.69, 9.17) is 4.74 Å². The van der Waals surface area contributed by atoms with Crippen molar-refractivity contribution in [2.75, 3.05) is 13.1 Å². The van der Waals surface area contributed by atoms with Gasteiger partial charge in [-0.1, -0.05) is 0 Å². The number of carbonyl (C=O) groups excluding carboxylic acids is 1. The smallest absolute Gasteiger partial charge is 0.416 e. The first kappa shape index (κ1) is 16.1. The van der Waals surface area contributed by atoms with Gasteiger partial charge in [0, 0.05) is 31.4 Å². The molecule has 1 amide bonds. The Hall–Kier alpha value is -2.78. The second kappa shape index (κ2) is 6.02. The molecule has 0 radical (unpaired) electrons. The standard InChI is InChI=1S/C14H13F3N4O3/c15-14(16,17)8-1-3-18-11(5-8)24-9-2-4-21(7-9)12(22)10-6-19-13(23)20-10/h1,3,5-6,9H,2,4,7H2,(H2,19,20,23). The largest absolute Gasteiger partial charge is 0.472 e. The Morgan fingerprint density at radius 1 is 1.42 bits per heavy atom. The van der Waals surface area contributed by atoms with E-state index >= 15 is 0 Å². The minimum Gasteiger partial charge on any atom is -0.472 e. The fourth-order valence-electron chi connectivity index (χ4n) is 2.45. The maximum absolute atomic E-state index is 12.7. The highest BCUT2D eigenvalue weighted by molar-refractivity contribution is 5.92. The number of carbonyl (C=O) groups is 1. The molecule has 0 aliphatic carbocycles. The van der Waals surface area contributed by atoms with Gasteiger partial charge in [-0.25, -0.2) is 9.78 Å². The number of likely N-dealkylation sites (tertiary alicyclic amines) is 1. The first-order valence-corrected chi connectivity index (χ1v) is 7.10. The third-order valence-electron chi connectivity index (χ3n) is 3.61. The molecule has 1 atom stereocenters. The maximum atomic E-state index is 12.7. The number of alkyl halides is 3. The molecule has 1 fully saturated rings. The summed E-state index contributed by atoms with van der Waals surface area (Å²) >= 11 is 0. The highest BCUT2D eigenvalue weighted by atomic mass is 19.4. The van der Waals surface area contributed by atoms with Crippen molar-refractivity contribution >= 4 is 5.91 Å². The average Bonchev–Trinajstić information content (AvgIpc) is 3.15. The lowest BCUT2D eigenvalue weighted by molar-refractivity contribution is -0.137. The number of ether oxygens (including phenoxy) is 1. The van der Waals surface area contributed by atoms with Crippen LogP contribution in [0.2, 0.25) is 0 Å². The SMILES string of the molecule is O=C(c1c[nH]c(=O)[nH]1)N1CCC(Oc2cc(C(F)(F)F)ccn2)C1. The van der Waals surface area contributed by atoms with Crippen molar-refractivity contribution in [3.63, 3.8) is 0 Å². The van der Waals surface area contributed by atoms with Crippen LogP contribution in [0.3, 0.4) is 0 Å². The van der Waals surface area contributed by atoms with Gasteiger partial charge in [0.05, 0.1) is 12.1 Å². The number of hydrogen-bond donors (Lipinski definition) is 2. The van der Waals surface area contributed by atoms with Crippen molar-refractivity contribution < 1.29 is 22.7 Å². The van der Waals surface area contributed by atoms with E-state index in [0.29, 0.717) is 13.0 Å². The molecule has 2 aromatic heterocycles. The number of pyridine rings is 1. The number of aromatic amines is 2. The summed E-state index contributed by atoms with van der Waals surface area (Å²) in [5.41, 5.74) is -1.21. The van der Waals surface area contributed by atoms with Crippen LogP contribution in [0.4, 0.5) is 13.2 Å². The van der Waals surface area contributed by atoms with Crippen molar-refractivity contribution in [3.05, 3.63) is 46.3 Å². The van der Waals surface area contributed by atoms with Crippen molar-refractivity contribution in [1.29, 1.82) is 0 Å². The van der Waals surface area contributed by atoms with E-state index in [1.165, 1.54) is 11.1 Å². The minimum atomic E-state index is -4.47. The van der Waals surface area contributed by atoms with Gasteiger partial charge in [-0.15, -0.1) is 0 Å². The zero-order valence-electron chi connectivity index (χ0n) is 12.3. The predicted molar refractivity (Wildman–Crippen MR) is 75.6 cm³/mol. The van der Waals surface area contributed by atoms with E-state index in [1.54, 1.807) is 0 Å². The van der Waals surface area contributed by atoms with E-state index in [-0.39, 0.29) is 24.0 Å². The molecule has 3 heterocycles.